The fraction of sp³-hybridized carbons (Fsp3) is 1.00. The third kappa shape index (κ3) is 2.96. The van der Waals surface area contributed by atoms with E-state index in [-0.39, 0.29) is 0 Å². The van der Waals surface area contributed by atoms with Gasteiger partial charge in [-0.2, -0.15) is 0 Å². The van der Waals surface area contributed by atoms with Crippen molar-refractivity contribution in [1.29, 1.82) is 0 Å². The number of nitrogens with two attached hydrogens (primary N) is 1. The second-order valence-electron chi connectivity index (χ2n) is 5.18. The van der Waals surface area contributed by atoms with Gasteiger partial charge in [-0.05, 0) is 30.8 Å². The van der Waals surface area contributed by atoms with Crippen LogP contribution >= 0.6 is 0 Å². The van der Waals surface area contributed by atoms with E-state index in [4.69, 9.17) is 5.73 Å². The maximum atomic E-state index is 5.80. The number of hydrogen-bond donors (Lipinski definition) is 1. The highest BCUT2D eigenvalue weighted by Gasteiger charge is 2.32. The van der Waals surface area contributed by atoms with Gasteiger partial charge in [-0.1, -0.05) is 33.6 Å². The maximum Gasteiger partial charge on any atom is 0.00480 e. The lowest BCUT2D eigenvalue weighted by atomic mass is 9.90. The average molecular weight is 198 g/mol. The van der Waals surface area contributed by atoms with Crippen molar-refractivity contribution in [2.45, 2.75) is 40.0 Å². The van der Waals surface area contributed by atoms with Crippen molar-refractivity contribution in [3.63, 3.8) is 0 Å². The first-order valence-electron chi connectivity index (χ1n) is 6.06. The molecule has 0 bridgehead atoms. The van der Waals surface area contributed by atoms with Gasteiger partial charge in [0, 0.05) is 13.1 Å². The van der Waals surface area contributed by atoms with E-state index >= 15 is 0 Å². The van der Waals surface area contributed by atoms with E-state index in [0.29, 0.717) is 5.41 Å². The average Bonchev–Trinajstić information content (AvgIpc) is 2.58. The van der Waals surface area contributed by atoms with Crippen molar-refractivity contribution in [2.24, 2.45) is 17.1 Å². The Hall–Kier alpha value is -0.0800. The molecule has 14 heavy (non-hydrogen) atoms. The third-order valence-electron chi connectivity index (χ3n) is 3.80. The summed E-state index contributed by atoms with van der Waals surface area (Å²) in [6, 6.07) is 0. The molecule has 0 aromatic heterocycles. The highest BCUT2D eigenvalue weighted by atomic mass is 15.2. The summed E-state index contributed by atoms with van der Waals surface area (Å²) in [4.78, 5) is 2.60. The fourth-order valence-corrected chi connectivity index (χ4v) is 2.36. The molecule has 1 rings (SSSR count). The SMILES string of the molecule is CCC(CC)CN1CCC(C)(CN)C1. The molecular weight excluding hydrogens is 172 g/mol. The molecule has 1 aliphatic heterocycles. The molecule has 2 nitrogen and oxygen atoms in total. The van der Waals surface area contributed by atoms with Crippen LogP contribution in [0.25, 0.3) is 0 Å². The van der Waals surface area contributed by atoms with Gasteiger partial charge in [-0.25, -0.2) is 0 Å². The minimum atomic E-state index is 0.395. The number of likely N-dealkylation sites (tertiary alicyclic amines) is 1. The van der Waals surface area contributed by atoms with E-state index < -0.39 is 0 Å². The van der Waals surface area contributed by atoms with Crippen LogP contribution in [0.1, 0.15) is 40.0 Å². The summed E-state index contributed by atoms with van der Waals surface area (Å²) in [5.41, 5.74) is 6.19. The molecule has 1 aliphatic rings. The molecular formula is C12H26N2. The van der Waals surface area contributed by atoms with Gasteiger partial charge in [0.2, 0.25) is 0 Å². The van der Waals surface area contributed by atoms with Gasteiger partial charge in [0.25, 0.3) is 0 Å². The van der Waals surface area contributed by atoms with Crippen LogP contribution in [0, 0.1) is 11.3 Å². The lowest BCUT2D eigenvalue weighted by Crippen LogP contribution is -2.33. The van der Waals surface area contributed by atoms with Crippen LogP contribution in [0.3, 0.4) is 0 Å². The van der Waals surface area contributed by atoms with Gasteiger partial charge in [-0.3, -0.25) is 0 Å². The zero-order valence-corrected chi connectivity index (χ0v) is 10.1. The molecule has 1 fully saturated rings. The highest BCUT2D eigenvalue weighted by molar-refractivity contribution is 4.87. The number of hydrogen-bond acceptors (Lipinski definition) is 2. The summed E-state index contributed by atoms with van der Waals surface area (Å²) in [5, 5.41) is 0. The zero-order chi connectivity index (χ0) is 10.6. The Labute approximate surface area is 88.8 Å². The molecule has 2 N–H and O–H groups in total. The molecule has 1 heterocycles. The molecule has 0 aromatic carbocycles. The van der Waals surface area contributed by atoms with Gasteiger partial charge in [0.15, 0.2) is 0 Å². The molecule has 0 aromatic rings. The topological polar surface area (TPSA) is 29.3 Å². The molecule has 0 saturated carbocycles. The molecule has 0 radical (unpaired) electrons. The van der Waals surface area contributed by atoms with Crippen LogP contribution in [0.4, 0.5) is 0 Å². The van der Waals surface area contributed by atoms with Crippen molar-refractivity contribution in [1.82, 2.24) is 4.90 Å². The van der Waals surface area contributed by atoms with E-state index in [9.17, 15) is 0 Å². The predicted molar refractivity (Wildman–Crippen MR) is 62.3 cm³/mol. The first-order chi connectivity index (χ1) is 6.63. The van der Waals surface area contributed by atoms with Crippen LogP contribution < -0.4 is 5.73 Å². The quantitative estimate of drug-likeness (QED) is 0.733. The molecule has 2 heteroatoms. The molecule has 0 amide bonds. The minimum Gasteiger partial charge on any atom is -0.330 e. The zero-order valence-electron chi connectivity index (χ0n) is 10.1. The number of nitrogens with zero attached hydrogens (tertiary/aromatic N) is 1. The molecule has 1 unspecified atom stereocenters. The Morgan fingerprint density at radius 3 is 2.43 bits per heavy atom. The molecule has 0 spiro atoms. The fourth-order valence-electron chi connectivity index (χ4n) is 2.36. The van der Waals surface area contributed by atoms with Gasteiger partial charge < -0.3 is 10.6 Å². The largest absolute Gasteiger partial charge is 0.330 e. The summed E-state index contributed by atoms with van der Waals surface area (Å²) in [6.07, 6.45) is 3.91. The first kappa shape index (κ1) is 12.0. The Kier molecular flexibility index (Phi) is 4.39. The summed E-state index contributed by atoms with van der Waals surface area (Å²) < 4.78 is 0. The van der Waals surface area contributed by atoms with Crippen molar-refractivity contribution >= 4 is 0 Å². The highest BCUT2D eigenvalue weighted by Crippen LogP contribution is 2.29. The summed E-state index contributed by atoms with van der Waals surface area (Å²) in [7, 11) is 0. The smallest absolute Gasteiger partial charge is 0.00480 e. The lowest BCUT2D eigenvalue weighted by molar-refractivity contribution is 0.237. The van der Waals surface area contributed by atoms with Gasteiger partial charge in [-0.15, -0.1) is 0 Å². The van der Waals surface area contributed by atoms with Crippen molar-refractivity contribution in [3.8, 4) is 0 Å². The summed E-state index contributed by atoms with van der Waals surface area (Å²) >= 11 is 0. The van der Waals surface area contributed by atoms with Crippen molar-refractivity contribution in [2.75, 3.05) is 26.2 Å². The normalized spacial score (nSPS) is 28.9. The monoisotopic (exact) mass is 198 g/mol. The van der Waals surface area contributed by atoms with Crippen LogP contribution in [0.2, 0.25) is 0 Å². The first-order valence-corrected chi connectivity index (χ1v) is 6.06. The van der Waals surface area contributed by atoms with E-state index in [1.165, 1.54) is 38.9 Å². The molecule has 1 saturated heterocycles. The number of rotatable bonds is 5. The van der Waals surface area contributed by atoms with Crippen LogP contribution in [0.15, 0.2) is 0 Å². The van der Waals surface area contributed by atoms with Gasteiger partial charge in [0.1, 0.15) is 0 Å². The molecule has 0 aliphatic carbocycles. The van der Waals surface area contributed by atoms with Crippen molar-refractivity contribution in [3.05, 3.63) is 0 Å². The van der Waals surface area contributed by atoms with Crippen molar-refractivity contribution < 1.29 is 0 Å². The van der Waals surface area contributed by atoms with Gasteiger partial charge >= 0.3 is 0 Å². The Balaban J connectivity index is 2.35. The van der Waals surface area contributed by atoms with E-state index in [1.54, 1.807) is 0 Å². The van der Waals surface area contributed by atoms with Crippen LogP contribution in [0.5, 0.6) is 0 Å². The standard InChI is InChI=1S/C12H26N2/c1-4-11(5-2)8-14-7-6-12(3,9-13)10-14/h11H,4-10,13H2,1-3H3. The molecule has 84 valence electrons. The summed E-state index contributed by atoms with van der Waals surface area (Å²) in [6.45, 7) is 11.5. The predicted octanol–water partition coefficient (Wildman–Crippen LogP) is 2.09. The van der Waals surface area contributed by atoms with E-state index in [1.807, 2.05) is 0 Å². The second kappa shape index (κ2) is 5.13. The van der Waals surface area contributed by atoms with E-state index in [0.717, 1.165) is 12.5 Å². The van der Waals surface area contributed by atoms with Gasteiger partial charge in [0.05, 0.1) is 0 Å². The second-order valence-corrected chi connectivity index (χ2v) is 5.18. The van der Waals surface area contributed by atoms with Crippen LogP contribution in [-0.2, 0) is 0 Å². The Bertz CT molecular complexity index is 166. The molecule has 1 atom stereocenters. The lowest BCUT2D eigenvalue weighted by Gasteiger charge is -2.25. The van der Waals surface area contributed by atoms with Crippen LogP contribution in [-0.4, -0.2) is 31.1 Å². The summed E-state index contributed by atoms with van der Waals surface area (Å²) in [5.74, 6) is 0.884. The van der Waals surface area contributed by atoms with E-state index in [2.05, 4.69) is 25.7 Å². The third-order valence-corrected chi connectivity index (χ3v) is 3.80. The Morgan fingerprint density at radius 2 is 2.00 bits per heavy atom. The maximum absolute atomic E-state index is 5.80. The Morgan fingerprint density at radius 1 is 1.36 bits per heavy atom. The minimum absolute atomic E-state index is 0.395.